The fraction of sp³-hybridized carbons (Fsp3) is 1.00. The summed E-state index contributed by atoms with van der Waals surface area (Å²) in [6, 6.07) is 0. The molecule has 1 aliphatic rings. The van der Waals surface area contributed by atoms with Gasteiger partial charge in [0.15, 0.2) is 0 Å². The van der Waals surface area contributed by atoms with Crippen LogP contribution in [0.2, 0.25) is 0 Å². The lowest BCUT2D eigenvalue weighted by Gasteiger charge is -2.37. The van der Waals surface area contributed by atoms with E-state index < -0.39 is 46.3 Å². The van der Waals surface area contributed by atoms with Crippen LogP contribution >= 0.6 is 0 Å². The summed E-state index contributed by atoms with van der Waals surface area (Å²) in [5.41, 5.74) is -4.93. The van der Waals surface area contributed by atoms with Crippen LogP contribution in [0.3, 0.4) is 0 Å². The van der Waals surface area contributed by atoms with Crippen molar-refractivity contribution in [3.63, 3.8) is 0 Å². The van der Waals surface area contributed by atoms with Gasteiger partial charge in [0.2, 0.25) is 0 Å². The minimum absolute atomic E-state index is 0.414. The van der Waals surface area contributed by atoms with Gasteiger partial charge in [0.05, 0.1) is 6.61 Å². The van der Waals surface area contributed by atoms with Crippen LogP contribution in [-0.4, -0.2) is 43.3 Å². The van der Waals surface area contributed by atoms with Crippen molar-refractivity contribution in [1.29, 1.82) is 0 Å². The van der Waals surface area contributed by atoms with Gasteiger partial charge in [-0.05, 0) is 18.8 Å². The monoisotopic (exact) mass is 358 g/mol. The molecule has 0 spiro atoms. The van der Waals surface area contributed by atoms with E-state index in [0.717, 1.165) is 6.42 Å². The first-order valence-electron chi connectivity index (χ1n) is 6.51. The average Bonchev–Trinajstić information content (AvgIpc) is 2.31. The Bertz CT molecular complexity index is 450. The van der Waals surface area contributed by atoms with E-state index in [0.29, 0.717) is 25.7 Å². The van der Waals surface area contributed by atoms with E-state index in [1.807, 2.05) is 0 Å². The molecule has 1 fully saturated rings. The van der Waals surface area contributed by atoms with Crippen molar-refractivity contribution in [2.75, 3.05) is 12.4 Å². The van der Waals surface area contributed by atoms with Crippen LogP contribution in [0.25, 0.3) is 0 Å². The second-order valence-corrected chi connectivity index (χ2v) is 6.82. The molecule has 0 atom stereocenters. The molecule has 0 aromatic heterocycles. The molecule has 0 heterocycles. The molecule has 0 radical (unpaired) electrons. The summed E-state index contributed by atoms with van der Waals surface area (Å²) >= 11 is 0. The Balaban J connectivity index is 3.07. The zero-order valence-electron chi connectivity index (χ0n) is 11.4. The molecule has 0 aliphatic heterocycles. The van der Waals surface area contributed by atoms with Crippen molar-refractivity contribution in [3.8, 4) is 0 Å². The van der Waals surface area contributed by atoms with Crippen molar-refractivity contribution in [1.82, 2.24) is 0 Å². The van der Waals surface area contributed by atoms with Gasteiger partial charge in [0.25, 0.3) is 15.7 Å². The molecule has 0 bridgehead atoms. The van der Waals surface area contributed by atoms with Crippen LogP contribution in [0, 0.1) is 5.92 Å². The minimum Gasteiger partial charge on any atom is -0.357 e. The van der Waals surface area contributed by atoms with Crippen LogP contribution < -0.4 is 0 Å². The highest BCUT2D eigenvalue weighted by molar-refractivity contribution is 7.85. The van der Waals surface area contributed by atoms with Crippen LogP contribution in [0.5, 0.6) is 0 Å². The highest BCUT2D eigenvalue weighted by Crippen LogP contribution is 2.47. The summed E-state index contributed by atoms with van der Waals surface area (Å²) < 4.78 is 112. The Kier molecular flexibility index (Phi) is 5.78. The van der Waals surface area contributed by atoms with E-state index in [-0.39, 0.29) is 0 Å². The van der Waals surface area contributed by atoms with Crippen molar-refractivity contribution >= 4 is 10.1 Å². The Morgan fingerprint density at radius 2 is 1.41 bits per heavy atom. The Morgan fingerprint density at radius 3 is 1.77 bits per heavy atom. The smallest absolute Gasteiger partial charge is 0.357 e. The van der Waals surface area contributed by atoms with Crippen LogP contribution in [0.1, 0.15) is 32.1 Å². The first-order chi connectivity index (χ1) is 9.79. The van der Waals surface area contributed by atoms with Gasteiger partial charge in [-0.1, -0.05) is 19.3 Å². The second-order valence-electron chi connectivity index (χ2n) is 5.36. The van der Waals surface area contributed by atoms with Crippen molar-refractivity contribution in [2.24, 2.45) is 5.92 Å². The molecule has 1 saturated carbocycles. The highest BCUT2D eigenvalue weighted by Gasteiger charge is 2.74. The minimum atomic E-state index is -6.03. The maximum atomic E-state index is 12.9. The predicted molar refractivity (Wildman–Crippen MR) is 63.8 cm³/mol. The third-order valence-electron chi connectivity index (χ3n) is 3.59. The molecule has 4 nitrogen and oxygen atoms in total. The summed E-state index contributed by atoms with van der Waals surface area (Å²) in [5.74, 6) is -3.11. The third-order valence-corrected chi connectivity index (χ3v) is 4.36. The first kappa shape index (κ1) is 19.5. The van der Waals surface area contributed by atoms with Gasteiger partial charge in [-0.25, -0.2) is 0 Å². The summed E-state index contributed by atoms with van der Waals surface area (Å²) in [5, 5.41) is 0. The van der Waals surface area contributed by atoms with Crippen molar-refractivity contribution in [2.45, 2.75) is 50.1 Å². The molecule has 0 aromatic carbocycles. The lowest BCUT2D eigenvalue weighted by atomic mass is 9.90. The van der Waals surface area contributed by atoms with Crippen molar-refractivity contribution < 1.29 is 44.0 Å². The summed E-state index contributed by atoms with van der Waals surface area (Å²) in [6.07, 6.45) is -9.07. The van der Waals surface area contributed by atoms with Gasteiger partial charge in [0.1, 0.15) is 5.75 Å². The molecule has 1 N–H and O–H groups in total. The maximum absolute atomic E-state index is 12.9. The number of hydrogen-bond donors (Lipinski definition) is 1. The number of rotatable bonds is 5. The Morgan fingerprint density at radius 1 is 0.955 bits per heavy atom. The zero-order chi connectivity index (χ0) is 17.2. The number of ether oxygens (including phenoxy) is 1. The highest BCUT2D eigenvalue weighted by atomic mass is 32.2. The van der Waals surface area contributed by atoms with E-state index in [1.165, 1.54) is 0 Å². The molecule has 22 heavy (non-hydrogen) atoms. The van der Waals surface area contributed by atoms with Gasteiger partial charge in [-0.3, -0.25) is 4.55 Å². The largest absolute Gasteiger partial charge is 0.427 e. The van der Waals surface area contributed by atoms with Crippen LogP contribution in [-0.2, 0) is 14.9 Å². The fourth-order valence-corrected chi connectivity index (χ4v) is 3.32. The molecule has 0 aromatic rings. The molecule has 0 saturated heterocycles. The first-order valence-corrected chi connectivity index (χ1v) is 8.12. The predicted octanol–water partition coefficient (Wildman–Crippen LogP) is 3.33. The second kappa shape index (κ2) is 6.52. The molecule has 11 heteroatoms. The molecule has 0 amide bonds. The van der Waals surface area contributed by atoms with Gasteiger partial charge in [-0.2, -0.15) is 34.8 Å². The maximum Gasteiger partial charge on any atom is 0.427 e. The van der Waals surface area contributed by atoms with Crippen molar-refractivity contribution in [3.05, 3.63) is 0 Å². The SMILES string of the molecule is O=S(=O)(O)CC(OCC1CCCCC1)(C(F)(F)F)C(F)(F)F. The van der Waals surface area contributed by atoms with E-state index in [1.54, 1.807) is 0 Å². The summed E-state index contributed by atoms with van der Waals surface area (Å²) in [4.78, 5) is 0. The zero-order valence-corrected chi connectivity index (χ0v) is 12.2. The normalized spacial score (nSPS) is 19.4. The molecular weight excluding hydrogens is 342 g/mol. The number of alkyl halides is 6. The topological polar surface area (TPSA) is 63.6 Å². The quantitative estimate of drug-likeness (QED) is 0.605. The molecule has 1 aliphatic carbocycles. The van der Waals surface area contributed by atoms with Gasteiger partial charge in [-0.15, -0.1) is 0 Å². The summed E-state index contributed by atoms with van der Waals surface area (Å²) in [7, 11) is -5.57. The molecular formula is C11H16F6O4S. The number of halogens is 6. The van der Waals surface area contributed by atoms with Crippen LogP contribution in [0.15, 0.2) is 0 Å². The van der Waals surface area contributed by atoms with E-state index >= 15 is 0 Å². The van der Waals surface area contributed by atoms with Gasteiger partial charge in [0, 0.05) is 0 Å². The van der Waals surface area contributed by atoms with E-state index in [2.05, 4.69) is 4.74 Å². The van der Waals surface area contributed by atoms with Gasteiger partial charge >= 0.3 is 12.4 Å². The molecule has 0 unspecified atom stereocenters. The van der Waals surface area contributed by atoms with E-state index in [4.69, 9.17) is 4.55 Å². The third kappa shape index (κ3) is 4.72. The Labute approximate surface area is 123 Å². The molecule has 1 rings (SSSR count). The lowest BCUT2D eigenvalue weighted by molar-refractivity contribution is -0.374. The van der Waals surface area contributed by atoms with Gasteiger partial charge < -0.3 is 4.74 Å². The van der Waals surface area contributed by atoms with Crippen LogP contribution in [0.4, 0.5) is 26.3 Å². The average molecular weight is 358 g/mol. The fourth-order valence-electron chi connectivity index (χ4n) is 2.40. The van der Waals surface area contributed by atoms with E-state index in [9.17, 15) is 34.8 Å². The standard InChI is InChI=1S/C11H16F6O4S/c12-10(13,14)9(11(15,16)17,7-22(18,19)20)21-6-8-4-2-1-3-5-8/h8H,1-7H2,(H,18,19,20). The Hall–Kier alpha value is -0.550. The number of hydrogen-bond acceptors (Lipinski definition) is 3. The molecule has 132 valence electrons. The lowest BCUT2D eigenvalue weighted by Crippen LogP contribution is -2.63. The summed E-state index contributed by atoms with van der Waals surface area (Å²) in [6.45, 7) is -0.867.